The highest BCUT2D eigenvalue weighted by Gasteiger charge is 2.43. The molecule has 0 bridgehead atoms. The average molecular weight is 277 g/mol. The van der Waals surface area contributed by atoms with Crippen molar-refractivity contribution in [3.8, 4) is 0 Å². The normalized spacial score (nSPS) is 29.6. The lowest BCUT2D eigenvalue weighted by Crippen LogP contribution is -2.31. The summed E-state index contributed by atoms with van der Waals surface area (Å²) in [6.45, 7) is 9.23. The number of nitrogens with one attached hydrogen (secondary N) is 1. The summed E-state index contributed by atoms with van der Waals surface area (Å²) in [6.07, 6.45) is -2.25. The molecule has 0 saturated carbocycles. The number of hydrogen-bond acceptors (Lipinski definition) is 2. The molecule has 0 aliphatic carbocycles. The van der Waals surface area contributed by atoms with Crippen LogP contribution in [0.4, 0.5) is 14.5 Å². The fraction of sp³-hybridized carbons (Fsp3) is 0.533. The molecule has 1 aromatic carbocycles. The molecule has 0 radical (unpaired) electrons. The number of halogens is 2. The number of likely N-dealkylation sites (tertiary alicyclic amines) is 1. The van der Waals surface area contributed by atoms with Crippen LogP contribution in [0.5, 0.6) is 0 Å². The number of nitrogens with zero attached hydrogens (tertiary/aromatic N) is 2. The highest BCUT2D eigenvalue weighted by molar-refractivity contribution is 5.46. The Morgan fingerprint density at radius 2 is 2.05 bits per heavy atom. The van der Waals surface area contributed by atoms with Crippen LogP contribution in [-0.4, -0.2) is 37.5 Å². The van der Waals surface area contributed by atoms with E-state index in [0.717, 1.165) is 25.2 Å². The highest BCUT2D eigenvalue weighted by Crippen LogP contribution is 2.39. The van der Waals surface area contributed by atoms with Gasteiger partial charge in [0, 0.05) is 25.7 Å². The second-order valence-electron chi connectivity index (χ2n) is 5.62. The van der Waals surface area contributed by atoms with Gasteiger partial charge in [0.1, 0.15) is 0 Å². The second-order valence-corrected chi connectivity index (χ2v) is 5.62. The maximum Gasteiger partial charge on any atom is 0.251 e. The van der Waals surface area contributed by atoms with E-state index in [0.29, 0.717) is 17.5 Å². The van der Waals surface area contributed by atoms with Gasteiger partial charge < -0.3 is 5.32 Å². The van der Waals surface area contributed by atoms with Crippen LogP contribution in [-0.2, 0) is 0 Å². The number of hydrogen-bond donors (Lipinski definition) is 1. The summed E-state index contributed by atoms with van der Waals surface area (Å²) in [5, 5.41) is 3.49. The van der Waals surface area contributed by atoms with Gasteiger partial charge in [-0.15, -0.1) is 0 Å². The van der Waals surface area contributed by atoms with Crippen LogP contribution in [0, 0.1) is 18.4 Å². The lowest BCUT2D eigenvalue weighted by atomic mass is 9.90. The van der Waals surface area contributed by atoms with E-state index in [9.17, 15) is 8.78 Å². The second kappa shape index (κ2) is 5.47. The summed E-state index contributed by atoms with van der Waals surface area (Å²) in [5.74, 6) is 0.854. The number of benzene rings is 1. The van der Waals surface area contributed by atoms with Crippen LogP contribution in [0.25, 0.3) is 4.85 Å². The van der Waals surface area contributed by atoms with E-state index in [-0.39, 0.29) is 12.6 Å². The molecule has 1 aromatic rings. The fourth-order valence-electron chi connectivity index (χ4n) is 3.48. The molecule has 3 atom stereocenters. The minimum atomic E-state index is -2.25. The van der Waals surface area contributed by atoms with E-state index in [1.165, 1.54) is 0 Å². The largest absolute Gasteiger partial charge is 0.309 e. The van der Waals surface area contributed by atoms with Crippen LogP contribution < -0.4 is 5.32 Å². The third-order valence-corrected chi connectivity index (χ3v) is 4.37. The Morgan fingerprint density at radius 3 is 2.70 bits per heavy atom. The van der Waals surface area contributed by atoms with Crippen molar-refractivity contribution in [2.45, 2.75) is 12.5 Å². The molecular weight excluding hydrogens is 260 g/mol. The average Bonchev–Trinajstić information content (AvgIpc) is 2.98. The molecule has 2 fully saturated rings. The van der Waals surface area contributed by atoms with Crippen molar-refractivity contribution in [3.63, 3.8) is 0 Å². The Kier molecular flexibility index (Phi) is 3.68. The first-order valence-corrected chi connectivity index (χ1v) is 6.88. The number of alkyl halides is 2. The summed E-state index contributed by atoms with van der Waals surface area (Å²) in [5.41, 5.74) is 1.79. The highest BCUT2D eigenvalue weighted by atomic mass is 19.3. The Bertz CT molecular complexity index is 509. The van der Waals surface area contributed by atoms with Crippen molar-refractivity contribution < 1.29 is 8.78 Å². The number of rotatable bonds is 3. The van der Waals surface area contributed by atoms with E-state index in [1.54, 1.807) is 0 Å². The van der Waals surface area contributed by atoms with Gasteiger partial charge in [-0.1, -0.05) is 24.3 Å². The Labute approximate surface area is 117 Å². The van der Waals surface area contributed by atoms with Gasteiger partial charge in [0.25, 0.3) is 6.43 Å². The van der Waals surface area contributed by atoms with Crippen LogP contribution in [0.1, 0.15) is 11.6 Å². The van der Waals surface area contributed by atoms with Crippen molar-refractivity contribution in [1.82, 2.24) is 10.2 Å². The van der Waals surface area contributed by atoms with Gasteiger partial charge >= 0.3 is 0 Å². The first kappa shape index (κ1) is 13.5. The molecule has 3 unspecified atom stereocenters. The van der Waals surface area contributed by atoms with E-state index >= 15 is 0 Å². The SMILES string of the molecule is [C-]#[N+]c1ccc(C2NCC3CN(CC(F)F)CC32)cc1. The zero-order valence-electron chi connectivity index (χ0n) is 11.1. The van der Waals surface area contributed by atoms with Gasteiger partial charge in [-0.05, 0) is 17.4 Å². The van der Waals surface area contributed by atoms with Crippen molar-refractivity contribution in [3.05, 3.63) is 41.2 Å². The molecule has 2 aliphatic rings. The summed E-state index contributed by atoms with van der Waals surface area (Å²) >= 11 is 0. The maximum atomic E-state index is 12.5. The van der Waals surface area contributed by atoms with Gasteiger partial charge in [-0.2, -0.15) is 0 Å². The van der Waals surface area contributed by atoms with Crippen molar-refractivity contribution in [2.24, 2.45) is 11.8 Å². The third kappa shape index (κ3) is 2.54. The Hall–Kier alpha value is -1.51. The molecule has 0 aromatic heterocycles. The van der Waals surface area contributed by atoms with Gasteiger partial charge in [0.05, 0.1) is 13.1 Å². The van der Waals surface area contributed by atoms with Gasteiger partial charge in [-0.3, -0.25) is 4.90 Å². The van der Waals surface area contributed by atoms with E-state index < -0.39 is 6.43 Å². The smallest absolute Gasteiger partial charge is 0.251 e. The van der Waals surface area contributed by atoms with Gasteiger partial charge in [0.2, 0.25) is 0 Å². The standard InChI is InChI=1S/C15H17F2N3/c1-18-12-4-2-10(3-5-12)15-13-8-20(9-14(16)17)7-11(13)6-19-15/h2-5,11,13-15,19H,6-9H2. The molecule has 3 nitrogen and oxygen atoms in total. The Balaban J connectivity index is 1.71. The van der Waals surface area contributed by atoms with Crippen molar-refractivity contribution in [2.75, 3.05) is 26.2 Å². The number of fused-ring (bicyclic) bond motifs is 1. The summed E-state index contributed by atoms with van der Waals surface area (Å²) in [7, 11) is 0. The van der Waals surface area contributed by atoms with Gasteiger partial charge in [-0.25, -0.2) is 13.6 Å². The predicted molar refractivity (Wildman–Crippen MR) is 72.9 cm³/mol. The molecule has 2 saturated heterocycles. The lowest BCUT2D eigenvalue weighted by Gasteiger charge is -2.21. The summed E-state index contributed by atoms with van der Waals surface area (Å²) < 4.78 is 25.0. The third-order valence-electron chi connectivity index (χ3n) is 4.37. The van der Waals surface area contributed by atoms with Crippen LogP contribution in [0.15, 0.2) is 24.3 Å². The van der Waals surface area contributed by atoms with E-state index in [1.807, 2.05) is 29.2 Å². The molecule has 3 rings (SSSR count). The summed E-state index contributed by atoms with van der Waals surface area (Å²) in [4.78, 5) is 5.26. The topological polar surface area (TPSA) is 19.6 Å². The minimum Gasteiger partial charge on any atom is -0.309 e. The molecule has 106 valence electrons. The summed E-state index contributed by atoms with van der Waals surface area (Å²) in [6, 6.07) is 7.82. The molecule has 2 heterocycles. The lowest BCUT2D eigenvalue weighted by molar-refractivity contribution is 0.0953. The first-order chi connectivity index (χ1) is 9.67. The molecule has 0 spiro atoms. The molecule has 0 amide bonds. The van der Waals surface area contributed by atoms with Crippen LogP contribution in [0.3, 0.4) is 0 Å². The van der Waals surface area contributed by atoms with Crippen LogP contribution >= 0.6 is 0 Å². The minimum absolute atomic E-state index is 0.115. The zero-order valence-corrected chi connectivity index (χ0v) is 11.1. The van der Waals surface area contributed by atoms with E-state index in [2.05, 4.69) is 10.2 Å². The molecular formula is C15H17F2N3. The monoisotopic (exact) mass is 277 g/mol. The molecule has 5 heteroatoms. The van der Waals surface area contributed by atoms with Crippen molar-refractivity contribution in [1.29, 1.82) is 0 Å². The fourth-order valence-corrected chi connectivity index (χ4v) is 3.48. The zero-order chi connectivity index (χ0) is 14.1. The van der Waals surface area contributed by atoms with Crippen LogP contribution in [0.2, 0.25) is 0 Å². The van der Waals surface area contributed by atoms with Crippen molar-refractivity contribution >= 4 is 5.69 Å². The predicted octanol–water partition coefficient (Wildman–Crippen LogP) is 2.69. The van der Waals surface area contributed by atoms with E-state index in [4.69, 9.17) is 6.57 Å². The molecule has 1 N–H and O–H groups in total. The Morgan fingerprint density at radius 1 is 1.30 bits per heavy atom. The van der Waals surface area contributed by atoms with Gasteiger partial charge in [0.15, 0.2) is 5.69 Å². The molecule has 2 aliphatic heterocycles. The maximum absolute atomic E-state index is 12.5. The first-order valence-electron chi connectivity index (χ1n) is 6.88. The quantitative estimate of drug-likeness (QED) is 0.857. The molecule has 20 heavy (non-hydrogen) atoms.